The SMILES string of the molecule is CCCNC(=O)[C@@H](Cc1ccccc1)N(Cc1ccccc1Cl)C(=O)CN(c1ccc(OCC)cc1)S(=O)(=O)c1ccc(Cl)cc1. The highest BCUT2D eigenvalue weighted by molar-refractivity contribution is 7.92. The molecule has 4 rings (SSSR count). The quantitative estimate of drug-likeness (QED) is 0.150. The minimum absolute atomic E-state index is 0.0202. The predicted molar refractivity (Wildman–Crippen MR) is 183 cm³/mol. The number of nitrogens with one attached hydrogen (secondary N) is 1. The molecule has 4 aromatic carbocycles. The first-order valence-electron chi connectivity index (χ1n) is 15.0. The molecule has 4 aromatic rings. The second kappa shape index (κ2) is 16.5. The number of rotatable bonds is 15. The molecule has 0 radical (unpaired) electrons. The van der Waals surface area contributed by atoms with Gasteiger partial charge in [-0.15, -0.1) is 0 Å². The van der Waals surface area contributed by atoms with E-state index < -0.39 is 28.5 Å². The lowest BCUT2D eigenvalue weighted by Gasteiger charge is -2.34. The number of hydrogen-bond acceptors (Lipinski definition) is 5. The standard InChI is InChI=1S/C35H37Cl2N3O5S/c1-3-22-38-35(42)33(23-26-10-6-5-7-11-26)39(24-27-12-8-9-13-32(27)37)34(41)25-40(29-16-18-30(19-17-29)45-4-2)46(43,44)31-20-14-28(36)15-21-31/h5-21,33H,3-4,22-25H2,1-2H3,(H,38,42)/t33-/m1/s1. The van der Waals surface area contributed by atoms with Crippen LogP contribution in [-0.2, 0) is 32.6 Å². The molecule has 0 bridgehead atoms. The summed E-state index contributed by atoms with van der Waals surface area (Å²) < 4.78 is 34.9. The number of amides is 2. The molecule has 8 nitrogen and oxygen atoms in total. The molecule has 0 saturated carbocycles. The third-order valence-electron chi connectivity index (χ3n) is 7.24. The van der Waals surface area contributed by atoms with Gasteiger partial charge in [0.25, 0.3) is 10.0 Å². The molecule has 0 aromatic heterocycles. The van der Waals surface area contributed by atoms with Crippen LogP contribution >= 0.6 is 23.2 Å². The average molecular weight is 683 g/mol. The second-order valence-electron chi connectivity index (χ2n) is 10.5. The van der Waals surface area contributed by atoms with Crippen molar-refractivity contribution in [2.75, 3.05) is 24.0 Å². The average Bonchev–Trinajstić information content (AvgIpc) is 3.06. The molecule has 0 heterocycles. The summed E-state index contributed by atoms with van der Waals surface area (Å²) in [5.74, 6) is -0.379. The van der Waals surface area contributed by atoms with Crippen LogP contribution in [0, 0.1) is 0 Å². The van der Waals surface area contributed by atoms with Gasteiger partial charge in [-0.05, 0) is 79.1 Å². The van der Waals surface area contributed by atoms with Gasteiger partial charge in [0.1, 0.15) is 18.3 Å². The molecule has 0 aliphatic carbocycles. The first kappa shape index (κ1) is 34.8. The first-order chi connectivity index (χ1) is 22.1. The normalized spacial score (nSPS) is 11.8. The number of ether oxygens (including phenoxy) is 1. The zero-order chi connectivity index (χ0) is 33.1. The van der Waals surface area contributed by atoms with Crippen molar-refractivity contribution in [1.82, 2.24) is 10.2 Å². The molecule has 1 atom stereocenters. The molecule has 0 spiro atoms. The molecule has 242 valence electrons. The van der Waals surface area contributed by atoms with Crippen LogP contribution in [0.25, 0.3) is 0 Å². The minimum atomic E-state index is -4.26. The Bertz CT molecular complexity index is 1700. The summed E-state index contributed by atoms with van der Waals surface area (Å²) in [6, 6.07) is 27.7. The fourth-order valence-corrected chi connectivity index (χ4v) is 6.60. The molecule has 1 N–H and O–H groups in total. The fourth-order valence-electron chi connectivity index (χ4n) is 4.87. The largest absolute Gasteiger partial charge is 0.494 e. The van der Waals surface area contributed by atoms with Gasteiger partial charge in [-0.25, -0.2) is 8.42 Å². The number of anilines is 1. The first-order valence-corrected chi connectivity index (χ1v) is 17.2. The molecule has 11 heteroatoms. The molecule has 0 aliphatic rings. The highest BCUT2D eigenvalue weighted by atomic mass is 35.5. The maximum atomic E-state index is 14.5. The third kappa shape index (κ3) is 9.02. The summed E-state index contributed by atoms with van der Waals surface area (Å²) in [6.45, 7) is 4.03. The van der Waals surface area contributed by atoms with Crippen molar-refractivity contribution < 1.29 is 22.7 Å². The summed E-state index contributed by atoms with van der Waals surface area (Å²) in [5, 5.41) is 3.72. The van der Waals surface area contributed by atoms with Gasteiger partial charge in [0, 0.05) is 29.6 Å². The summed E-state index contributed by atoms with van der Waals surface area (Å²) in [6.07, 6.45) is 0.909. The van der Waals surface area contributed by atoms with Crippen LogP contribution in [0.2, 0.25) is 10.0 Å². The predicted octanol–water partition coefficient (Wildman–Crippen LogP) is 6.75. The van der Waals surface area contributed by atoms with Crippen molar-refractivity contribution in [3.63, 3.8) is 0 Å². The van der Waals surface area contributed by atoms with Crippen LogP contribution in [-0.4, -0.2) is 50.9 Å². The van der Waals surface area contributed by atoms with Gasteiger partial charge in [0.05, 0.1) is 17.2 Å². The van der Waals surface area contributed by atoms with Crippen LogP contribution in [0.5, 0.6) is 5.75 Å². The molecule has 0 fully saturated rings. The van der Waals surface area contributed by atoms with E-state index in [0.717, 1.165) is 9.87 Å². The highest BCUT2D eigenvalue weighted by Gasteiger charge is 2.35. The zero-order valence-corrected chi connectivity index (χ0v) is 28.1. The van der Waals surface area contributed by atoms with Crippen LogP contribution in [0.4, 0.5) is 5.69 Å². The lowest BCUT2D eigenvalue weighted by Crippen LogP contribution is -2.53. The molecule has 0 aliphatic heterocycles. The van der Waals surface area contributed by atoms with E-state index in [0.29, 0.717) is 40.9 Å². The van der Waals surface area contributed by atoms with Crippen LogP contribution in [0.1, 0.15) is 31.4 Å². The molecular formula is C35H37Cl2N3O5S. The lowest BCUT2D eigenvalue weighted by atomic mass is 10.0. The number of hydrogen-bond donors (Lipinski definition) is 1. The number of sulfonamides is 1. The summed E-state index contributed by atoms with van der Waals surface area (Å²) in [7, 11) is -4.26. The summed E-state index contributed by atoms with van der Waals surface area (Å²) >= 11 is 12.6. The molecular weight excluding hydrogens is 645 g/mol. The Morgan fingerprint density at radius 1 is 0.848 bits per heavy atom. The van der Waals surface area contributed by atoms with Gasteiger partial charge in [0.15, 0.2) is 0 Å². The highest BCUT2D eigenvalue weighted by Crippen LogP contribution is 2.28. The summed E-state index contributed by atoms with van der Waals surface area (Å²) in [4.78, 5) is 29.6. The molecule has 2 amide bonds. The molecule has 0 saturated heterocycles. The van der Waals surface area contributed by atoms with Crippen molar-refractivity contribution in [3.8, 4) is 5.75 Å². The maximum absolute atomic E-state index is 14.5. The zero-order valence-electron chi connectivity index (χ0n) is 25.7. The van der Waals surface area contributed by atoms with E-state index in [-0.39, 0.29) is 29.5 Å². The third-order valence-corrected chi connectivity index (χ3v) is 9.64. The van der Waals surface area contributed by atoms with Gasteiger partial charge in [0.2, 0.25) is 11.8 Å². The van der Waals surface area contributed by atoms with E-state index >= 15 is 0 Å². The fraction of sp³-hybridized carbons (Fsp3) is 0.257. The Balaban J connectivity index is 1.80. The molecule has 0 unspecified atom stereocenters. The van der Waals surface area contributed by atoms with Crippen molar-refractivity contribution in [2.45, 2.75) is 44.2 Å². The van der Waals surface area contributed by atoms with Crippen LogP contribution < -0.4 is 14.4 Å². The topological polar surface area (TPSA) is 96.0 Å². The lowest BCUT2D eigenvalue weighted by molar-refractivity contribution is -0.140. The van der Waals surface area contributed by atoms with E-state index in [1.54, 1.807) is 48.5 Å². The van der Waals surface area contributed by atoms with Gasteiger partial charge in [-0.1, -0.05) is 78.7 Å². The van der Waals surface area contributed by atoms with Crippen molar-refractivity contribution in [2.24, 2.45) is 0 Å². The van der Waals surface area contributed by atoms with E-state index in [1.165, 1.54) is 29.2 Å². The smallest absolute Gasteiger partial charge is 0.264 e. The van der Waals surface area contributed by atoms with Gasteiger partial charge >= 0.3 is 0 Å². The number of nitrogens with zero attached hydrogens (tertiary/aromatic N) is 2. The number of carbonyl (C=O) groups excluding carboxylic acids is 2. The van der Waals surface area contributed by atoms with Gasteiger partial charge < -0.3 is 15.0 Å². The number of benzene rings is 4. The van der Waals surface area contributed by atoms with Crippen molar-refractivity contribution in [1.29, 1.82) is 0 Å². The second-order valence-corrected chi connectivity index (χ2v) is 13.2. The van der Waals surface area contributed by atoms with Crippen molar-refractivity contribution >= 4 is 50.7 Å². The van der Waals surface area contributed by atoms with E-state index in [9.17, 15) is 18.0 Å². The van der Waals surface area contributed by atoms with E-state index in [1.807, 2.05) is 44.2 Å². The van der Waals surface area contributed by atoms with E-state index in [2.05, 4.69) is 5.32 Å². The number of halogens is 2. The number of carbonyl (C=O) groups is 2. The van der Waals surface area contributed by atoms with Crippen molar-refractivity contribution in [3.05, 3.63) is 124 Å². The Kier molecular flexibility index (Phi) is 12.5. The Labute approximate surface area is 280 Å². The van der Waals surface area contributed by atoms with Crippen LogP contribution in [0.3, 0.4) is 0 Å². The summed E-state index contributed by atoms with van der Waals surface area (Å²) in [5.41, 5.74) is 1.71. The van der Waals surface area contributed by atoms with E-state index in [4.69, 9.17) is 27.9 Å². The minimum Gasteiger partial charge on any atom is -0.494 e. The maximum Gasteiger partial charge on any atom is 0.264 e. The van der Waals surface area contributed by atoms with Crippen LogP contribution in [0.15, 0.2) is 108 Å². The van der Waals surface area contributed by atoms with Gasteiger partial charge in [-0.3, -0.25) is 13.9 Å². The Hall–Kier alpha value is -4.05. The monoisotopic (exact) mass is 681 g/mol. The van der Waals surface area contributed by atoms with Gasteiger partial charge in [-0.2, -0.15) is 0 Å². The Morgan fingerprint density at radius 3 is 2.13 bits per heavy atom. The Morgan fingerprint density at radius 2 is 1.50 bits per heavy atom. The molecule has 46 heavy (non-hydrogen) atoms.